The first-order valence-corrected chi connectivity index (χ1v) is 6.16. The second kappa shape index (κ2) is 4.56. The van der Waals surface area contributed by atoms with E-state index < -0.39 is 0 Å². The lowest BCUT2D eigenvalue weighted by molar-refractivity contribution is 0.313. The largest absolute Gasteiger partial charge is 0.481 e. The summed E-state index contributed by atoms with van der Waals surface area (Å²) in [6.45, 7) is 7.47. The molecule has 17 heavy (non-hydrogen) atoms. The normalized spacial score (nSPS) is 25.1. The lowest BCUT2D eigenvalue weighted by Gasteiger charge is -2.41. The highest BCUT2D eigenvalue weighted by molar-refractivity contribution is 5.43. The number of anilines is 1. The Morgan fingerprint density at radius 2 is 2.35 bits per heavy atom. The number of rotatable bonds is 3. The van der Waals surface area contributed by atoms with Gasteiger partial charge in [0.2, 0.25) is 5.88 Å². The average Bonchev–Trinajstić information content (AvgIpc) is 2.71. The molecule has 1 unspecified atom stereocenters. The molecule has 1 aliphatic rings. The van der Waals surface area contributed by atoms with Crippen LogP contribution in [0.25, 0.3) is 0 Å². The summed E-state index contributed by atoms with van der Waals surface area (Å²) in [7, 11) is 3.58. The van der Waals surface area contributed by atoms with Gasteiger partial charge in [-0.1, -0.05) is 6.92 Å². The monoisotopic (exact) mass is 238 g/mol. The molecule has 0 aromatic carbocycles. The van der Waals surface area contributed by atoms with E-state index in [4.69, 9.17) is 4.74 Å². The van der Waals surface area contributed by atoms with Gasteiger partial charge in [-0.2, -0.15) is 5.10 Å². The topological polar surface area (TPSA) is 42.3 Å². The zero-order chi connectivity index (χ0) is 12.5. The van der Waals surface area contributed by atoms with Crippen molar-refractivity contribution in [1.82, 2.24) is 15.1 Å². The van der Waals surface area contributed by atoms with Gasteiger partial charge in [-0.05, 0) is 13.3 Å². The third kappa shape index (κ3) is 2.39. The third-order valence-electron chi connectivity index (χ3n) is 3.61. The molecule has 96 valence electrons. The molecule has 5 heteroatoms. The van der Waals surface area contributed by atoms with Gasteiger partial charge in [0.05, 0.1) is 7.11 Å². The number of nitrogens with zero attached hydrogens (tertiary/aromatic N) is 3. The van der Waals surface area contributed by atoms with Crippen molar-refractivity contribution in [3.63, 3.8) is 0 Å². The van der Waals surface area contributed by atoms with Crippen molar-refractivity contribution in [1.29, 1.82) is 0 Å². The van der Waals surface area contributed by atoms with E-state index in [1.54, 1.807) is 11.8 Å². The lowest BCUT2D eigenvalue weighted by Crippen LogP contribution is -2.58. The van der Waals surface area contributed by atoms with E-state index in [9.17, 15) is 0 Å². The van der Waals surface area contributed by atoms with E-state index in [1.807, 2.05) is 13.1 Å². The first-order valence-electron chi connectivity index (χ1n) is 6.16. The maximum atomic E-state index is 5.25. The number of ether oxygens (including phenoxy) is 1. The summed E-state index contributed by atoms with van der Waals surface area (Å²) < 4.78 is 7.03. The highest BCUT2D eigenvalue weighted by Gasteiger charge is 2.30. The van der Waals surface area contributed by atoms with Crippen molar-refractivity contribution in [2.75, 3.05) is 31.6 Å². The molecule has 2 rings (SSSR count). The average molecular weight is 238 g/mol. The Hall–Kier alpha value is -1.23. The molecule has 0 amide bonds. The van der Waals surface area contributed by atoms with Gasteiger partial charge in [0.25, 0.3) is 0 Å². The van der Waals surface area contributed by atoms with E-state index in [1.165, 1.54) is 0 Å². The summed E-state index contributed by atoms with van der Waals surface area (Å²) in [5.74, 6) is 1.81. The van der Waals surface area contributed by atoms with Crippen LogP contribution in [0.3, 0.4) is 0 Å². The number of aryl methyl sites for hydroxylation is 1. The van der Waals surface area contributed by atoms with Gasteiger partial charge >= 0.3 is 0 Å². The molecule has 1 saturated heterocycles. The van der Waals surface area contributed by atoms with Crippen molar-refractivity contribution in [3.8, 4) is 5.88 Å². The molecule has 0 spiro atoms. The van der Waals surface area contributed by atoms with Crippen LogP contribution in [-0.2, 0) is 7.05 Å². The minimum absolute atomic E-state index is 0.184. The van der Waals surface area contributed by atoms with Crippen LogP contribution in [-0.4, -0.2) is 42.1 Å². The van der Waals surface area contributed by atoms with E-state index in [2.05, 4.69) is 29.2 Å². The Balaban J connectivity index is 2.16. The Morgan fingerprint density at radius 3 is 2.94 bits per heavy atom. The van der Waals surface area contributed by atoms with E-state index in [0.29, 0.717) is 0 Å². The molecular weight excluding hydrogens is 216 g/mol. The third-order valence-corrected chi connectivity index (χ3v) is 3.61. The Kier molecular flexibility index (Phi) is 3.28. The molecule has 1 fully saturated rings. The molecule has 1 aromatic heterocycles. The maximum Gasteiger partial charge on any atom is 0.213 e. The van der Waals surface area contributed by atoms with Crippen LogP contribution in [0.4, 0.5) is 5.82 Å². The molecule has 1 N–H and O–H groups in total. The standard InChI is InChI=1S/C12H22N4O/c1-5-12(2)9-16(7-6-13-12)10-8-11(17-4)15(3)14-10/h8,13H,5-7,9H2,1-4H3. The smallest absolute Gasteiger partial charge is 0.213 e. The zero-order valence-corrected chi connectivity index (χ0v) is 11.2. The van der Waals surface area contributed by atoms with Gasteiger partial charge in [0, 0.05) is 38.3 Å². The maximum absolute atomic E-state index is 5.25. The Morgan fingerprint density at radius 1 is 1.59 bits per heavy atom. The second-order valence-corrected chi connectivity index (χ2v) is 4.93. The van der Waals surface area contributed by atoms with E-state index >= 15 is 0 Å². The predicted octanol–water partition coefficient (Wildman–Crippen LogP) is 1.01. The van der Waals surface area contributed by atoms with Crippen molar-refractivity contribution < 1.29 is 4.74 Å². The summed E-state index contributed by atoms with van der Waals surface area (Å²) in [5, 5.41) is 8.07. The van der Waals surface area contributed by atoms with Gasteiger partial charge in [0.15, 0.2) is 5.82 Å². The fourth-order valence-electron chi connectivity index (χ4n) is 2.26. The van der Waals surface area contributed by atoms with Crippen LogP contribution < -0.4 is 15.0 Å². The first-order chi connectivity index (χ1) is 8.08. The fourth-order valence-corrected chi connectivity index (χ4v) is 2.26. The van der Waals surface area contributed by atoms with E-state index in [0.717, 1.165) is 37.8 Å². The van der Waals surface area contributed by atoms with Gasteiger partial charge in [-0.25, -0.2) is 4.68 Å². The van der Waals surface area contributed by atoms with Crippen LogP contribution in [0, 0.1) is 0 Å². The van der Waals surface area contributed by atoms with Gasteiger partial charge in [-0.15, -0.1) is 0 Å². The minimum Gasteiger partial charge on any atom is -0.481 e. The van der Waals surface area contributed by atoms with E-state index in [-0.39, 0.29) is 5.54 Å². The molecule has 2 heterocycles. The number of hydrogen-bond acceptors (Lipinski definition) is 4. The SMILES string of the molecule is CCC1(C)CN(c2cc(OC)n(C)n2)CCN1. The van der Waals surface area contributed by atoms with Gasteiger partial charge in [0.1, 0.15) is 0 Å². The van der Waals surface area contributed by atoms with Crippen molar-refractivity contribution >= 4 is 5.82 Å². The lowest BCUT2D eigenvalue weighted by atomic mass is 9.96. The summed E-state index contributed by atoms with van der Waals surface area (Å²) in [5.41, 5.74) is 0.184. The summed E-state index contributed by atoms with van der Waals surface area (Å²) in [6, 6.07) is 2.00. The second-order valence-electron chi connectivity index (χ2n) is 4.93. The van der Waals surface area contributed by atoms with Crippen LogP contribution in [0.2, 0.25) is 0 Å². The number of nitrogens with one attached hydrogen (secondary N) is 1. The summed E-state index contributed by atoms with van der Waals surface area (Å²) >= 11 is 0. The van der Waals surface area contributed by atoms with Gasteiger partial charge in [-0.3, -0.25) is 0 Å². The molecule has 0 aliphatic carbocycles. The predicted molar refractivity (Wildman–Crippen MR) is 68.7 cm³/mol. The molecule has 1 aliphatic heterocycles. The fraction of sp³-hybridized carbons (Fsp3) is 0.750. The molecule has 5 nitrogen and oxygen atoms in total. The Labute approximate surface area is 103 Å². The van der Waals surface area contributed by atoms with Crippen LogP contribution in [0.1, 0.15) is 20.3 Å². The Bertz CT molecular complexity index is 390. The number of methoxy groups -OCH3 is 1. The summed E-state index contributed by atoms with van der Waals surface area (Å²) in [4.78, 5) is 2.32. The van der Waals surface area contributed by atoms with Crippen molar-refractivity contribution in [2.45, 2.75) is 25.8 Å². The molecule has 1 aromatic rings. The van der Waals surface area contributed by atoms with Crippen LogP contribution >= 0.6 is 0 Å². The summed E-state index contributed by atoms with van der Waals surface area (Å²) in [6.07, 6.45) is 1.12. The molecule has 0 saturated carbocycles. The highest BCUT2D eigenvalue weighted by Crippen LogP contribution is 2.24. The number of aromatic nitrogens is 2. The van der Waals surface area contributed by atoms with Crippen LogP contribution in [0.5, 0.6) is 5.88 Å². The van der Waals surface area contributed by atoms with Gasteiger partial charge < -0.3 is 15.0 Å². The number of hydrogen-bond donors (Lipinski definition) is 1. The quantitative estimate of drug-likeness (QED) is 0.853. The zero-order valence-electron chi connectivity index (χ0n) is 11.2. The van der Waals surface area contributed by atoms with Crippen molar-refractivity contribution in [2.24, 2.45) is 7.05 Å². The minimum atomic E-state index is 0.184. The molecule has 1 atom stereocenters. The first kappa shape index (κ1) is 12.2. The molecule has 0 bridgehead atoms. The molecule has 0 radical (unpaired) electrons. The number of piperazine rings is 1. The van der Waals surface area contributed by atoms with Crippen LogP contribution in [0.15, 0.2) is 6.07 Å². The molecular formula is C12H22N4O. The van der Waals surface area contributed by atoms with Crippen molar-refractivity contribution in [3.05, 3.63) is 6.07 Å². The highest BCUT2D eigenvalue weighted by atomic mass is 16.5.